The molecule has 2 rings (SSSR count). The van der Waals surface area contributed by atoms with E-state index in [0.29, 0.717) is 5.92 Å². The van der Waals surface area contributed by atoms with Gasteiger partial charge in [-0.05, 0) is 25.0 Å². The number of hydrogen-bond acceptors (Lipinski definition) is 2. The van der Waals surface area contributed by atoms with Crippen LogP contribution in [0.2, 0.25) is 0 Å². The van der Waals surface area contributed by atoms with Crippen LogP contribution in [0.1, 0.15) is 37.0 Å². The Morgan fingerprint density at radius 2 is 2.25 bits per heavy atom. The molecule has 3 heteroatoms. The summed E-state index contributed by atoms with van der Waals surface area (Å²) >= 11 is 0. The third-order valence-corrected chi connectivity index (χ3v) is 2.61. The third kappa shape index (κ3) is 1.98. The fourth-order valence-electron chi connectivity index (χ4n) is 1.79. The maximum Gasteiger partial charge on any atom is 0.159 e. The number of rotatable bonds is 3. The molecule has 0 aliphatic carbocycles. The van der Waals surface area contributed by atoms with Gasteiger partial charge < -0.3 is 4.40 Å². The predicted molar refractivity (Wildman–Crippen MR) is 63.7 cm³/mol. The maximum atomic E-state index is 11.2. The topological polar surface area (TPSA) is 34.4 Å². The highest BCUT2D eigenvalue weighted by Crippen LogP contribution is 2.13. The van der Waals surface area contributed by atoms with E-state index in [1.807, 2.05) is 28.9 Å². The first-order chi connectivity index (χ1) is 7.58. The minimum absolute atomic E-state index is 0.0918. The van der Waals surface area contributed by atoms with E-state index in [-0.39, 0.29) is 5.78 Å². The molecule has 0 aliphatic heterocycles. The Hall–Kier alpha value is -1.64. The van der Waals surface area contributed by atoms with Crippen molar-refractivity contribution in [3.63, 3.8) is 0 Å². The van der Waals surface area contributed by atoms with Crippen molar-refractivity contribution in [3.8, 4) is 0 Å². The van der Waals surface area contributed by atoms with Crippen LogP contribution in [0.4, 0.5) is 0 Å². The quantitative estimate of drug-likeness (QED) is 0.739. The number of carbonyl (C=O) groups excluding carboxylic acids is 1. The first-order valence-electron chi connectivity index (χ1n) is 5.55. The molecule has 0 saturated carbocycles. The van der Waals surface area contributed by atoms with Gasteiger partial charge in [0.15, 0.2) is 5.78 Å². The summed E-state index contributed by atoms with van der Waals surface area (Å²) in [5.41, 5.74) is 1.73. The van der Waals surface area contributed by atoms with Crippen LogP contribution < -0.4 is 0 Å². The van der Waals surface area contributed by atoms with Crippen LogP contribution in [-0.2, 0) is 6.42 Å². The zero-order valence-corrected chi connectivity index (χ0v) is 9.90. The van der Waals surface area contributed by atoms with E-state index >= 15 is 0 Å². The van der Waals surface area contributed by atoms with E-state index in [1.165, 1.54) is 0 Å². The van der Waals surface area contributed by atoms with Crippen LogP contribution in [0.5, 0.6) is 0 Å². The van der Waals surface area contributed by atoms with Crippen LogP contribution in [0, 0.1) is 5.92 Å². The van der Waals surface area contributed by atoms with Gasteiger partial charge in [0.25, 0.3) is 0 Å². The Balaban J connectivity index is 2.46. The number of pyridine rings is 1. The van der Waals surface area contributed by atoms with Gasteiger partial charge in [0, 0.05) is 18.2 Å². The lowest BCUT2D eigenvalue weighted by Gasteiger charge is -2.04. The van der Waals surface area contributed by atoms with Gasteiger partial charge in [-0.1, -0.05) is 13.8 Å². The highest BCUT2D eigenvalue weighted by Gasteiger charge is 2.07. The summed E-state index contributed by atoms with van der Waals surface area (Å²) < 4.78 is 2.05. The molecule has 0 amide bonds. The van der Waals surface area contributed by atoms with E-state index in [9.17, 15) is 4.79 Å². The average Bonchev–Trinajstić information content (AvgIpc) is 2.60. The molecule has 0 aromatic carbocycles. The van der Waals surface area contributed by atoms with Gasteiger partial charge >= 0.3 is 0 Å². The molecule has 3 nitrogen and oxygen atoms in total. The van der Waals surface area contributed by atoms with Gasteiger partial charge in [0.1, 0.15) is 5.82 Å². The van der Waals surface area contributed by atoms with E-state index in [0.717, 1.165) is 23.3 Å². The Morgan fingerprint density at radius 3 is 2.88 bits per heavy atom. The highest BCUT2D eigenvalue weighted by molar-refractivity contribution is 5.95. The standard InChI is InChI=1S/C13H16N2O/c1-9(2)6-13-14-8-12-7-11(10(3)16)4-5-15(12)13/h4-5,7-9H,6H2,1-3H3. The lowest BCUT2D eigenvalue weighted by Crippen LogP contribution is -2.01. The van der Waals surface area contributed by atoms with Crippen LogP contribution in [-0.4, -0.2) is 15.2 Å². The molecule has 84 valence electrons. The number of carbonyl (C=O) groups is 1. The maximum absolute atomic E-state index is 11.2. The molecule has 2 aromatic heterocycles. The number of aromatic nitrogens is 2. The predicted octanol–water partition coefficient (Wildman–Crippen LogP) is 2.74. The summed E-state index contributed by atoms with van der Waals surface area (Å²) in [5, 5.41) is 0. The number of nitrogens with zero attached hydrogens (tertiary/aromatic N) is 2. The Kier molecular flexibility index (Phi) is 2.77. The molecule has 0 unspecified atom stereocenters. The van der Waals surface area contributed by atoms with Crippen molar-refractivity contribution in [3.05, 3.63) is 35.9 Å². The van der Waals surface area contributed by atoms with Gasteiger partial charge in [-0.2, -0.15) is 0 Å². The molecule has 0 atom stereocenters. The van der Waals surface area contributed by atoms with Crippen molar-refractivity contribution >= 4 is 11.3 Å². The van der Waals surface area contributed by atoms with Gasteiger partial charge in [0.05, 0.1) is 11.7 Å². The Labute approximate surface area is 95.1 Å². The van der Waals surface area contributed by atoms with E-state index < -0.39 is 0 Å². The van der Waals surface area contributed by atoms with Crippen LogP contribution >= 0.6 is 0 Å². The molecule has 16 heavy (non-hydrogen) atoms. The molecule has 0 radical (unpaired) electrons. The number of ketones is 1. The molecule has 0 spiro atoms. The smallest absolute Gasteiger partial charge is 0.159 e. The van der Waals surface area contributed by atoms with E-state index in [1.54, 1.807) is 6.92 Å². The van der Waals surface area contributed by atoms with Crippen molar-refractivity contribution < 1.29 is 4.79 Å². The lowest BCUT2D eigenvalue weighted by molar-refractivity contribution is 0.101. The number of fused-ring (bicyclic) bond motifs is 1. The van der Waals surface area contributed by atoms with E-state index in [2.05, 4.69) is 18.8 Å². The monoisotopic (exact) mass is 216 g/mol. The minimum Gasteiger partial charge on any atom is -0.304 e. The molecular weight excluding hydrogens is 200 g/mol. The summed E-state index contributed by atoms with van der Waals surface area (Å²) in [4.78, 5) is 15.6. The molecule has 0 aliphatic rings. The van der Waals surface area contributed by atoms with Gasteiger partial charge in [0.2, 0.25) is 0 Å². The summed E-state index contributed by atoms with van der Waals surface area (Å²) in [6.45, 7) is 5.92. The number of Topliss-reactive ketones (excluding diaryl/α,β-unsaturated/α-hetero) is 1. The van der Waals surface area contributed by atoms with Crippen LogP contribution in [0.3, 0.4) is 0 Å². The second-order valence-corrected chi connectivity index (χ2v) is 4.54. The second-order valence-electron chi connectivity index (χ2n) is 4.54. The summed E-state index contributed by atoms with van der Waals surface area (Å²) in [7, 11) is 0. The fraction of sp³-hybridized carbons (Fsp3) is 0.385. The lowest BCUT2D eigenvalue weighted by atomic mass is 10.1. The molecule has 2 aromatic rings. The third-order valence-electron chi connectivity index (χ3n) is 2.61. The molecular formula is C13H16N2O. The number of imidazole rings is 1. The van der Waals surface area contributed by atoms with Crippen molar-refractivity contribution in [2.75, 3.05) is 0 Å². The Morgan fingerprint density at radius 1 is 1.50 bits per heavy atom. The average molecular weight is 216 g/mol. The summed E-state index contributed by atoms with van der Waals surface area (Å²) in [6.07, 6.45) is 4.70. The second kappa shape index (κ2) is 4.08. The zero-order valence-electron chi connectivity index (χ0n) is 9.90. The van der Waals surface area contributed by atoms with Crippen LogP contribution in [0.25, 0.3) is 5.52 Å². The molecule has 0 bridgehead atoms. The molecule has 0 N–H and O–H groups in total. The molecule has 2 heterocycles. The summed E-state index contributed by atoms with van der Waals surface area (Å²) in [6, 6.07) is 3.74. The van der Waals surface area contributed by atoms with Crippen molar-refractivity contribution in [2.45, 2.75) is 27.2 Å². The molecule has 0 saturated heterocycles. The van der Waals surface area contributed by atoms with Gasteiger partial charge in [-0.25, -0.2) is 4.98 Å². The Bertz CT molecular complexity index is 526. The zero-order chi connectivity index (χ0) is 11.7. The number of hydrogen-bond donors (Lipinski definition) is 0. The van der Waals surface area contributed by atoms with Gasteiger partial charge in [-0.3, -0.25) is 4.79 Å². The van der Waals surface area contributed by atoms with Crippen molar-refractivity contribution in [1.82, 2.24) is 9.38 Å². The summed E-state index contributed by atoms with van der Waals surface area (Å²) in [5.74, 6) is 1.73. The van der Waals surface area contributed by atoms with Crippen molar-refractivity contribution in [1.29, 1.82) is 0 Å². The fourth-order valence-corrected chi connectivity index (χ4v) is 1.79. The van der Waals surface area contributed by atoms with Gasteiger partial charge in [-0.15, -0.1) is 0 Å². The largest absolute Gasteiger partial charge is 0.304 e. The first-order valence-corrected chi connectivity index (χ1v) is 5.55. The minimum atomic E-state index is 0.0918. The highest BCUT2D eigenvalue weighted by atomic mass is 16.1. The first kappa shape index (κ1) is 10.9. The SMILES string of the molecule is CC(=O)c1ccn2c(CC(C)C)ncc2c1. The normalized spacial score (nSPS) is 11.2. The van der Waals surface area contributed by atoms with Crippen molar-refractivity contribution in [2.24, 2.45) is 5.92 Å². The van der Waals surface area contributed by atoms with E-state index in [4.69, 9.17) is 0 Å². The molecule has 0 fully saturated rings. The van der Waals surface area contributed by atoms with Crippen LogP contribution in [0.15, 0.2) is 24.5 Å².